The predicted molar refractivity (Wildman–Crippen MR) is 117 cm³/mol. The third kappa shape index (κ3) is 3.91. The Kier molecular flexibility index (Phi) is 6.07. The molecule has 3 rings (SSSR count). The summed E-state index contributed by atoms with van der Waals surface area (Å²) in [6.07, 6.45) is 0.00282. The van der Waals surface area contributed by atoms with Crippen LogP contribution in [0.15, 0.2) is 60.4 Å². The van der Waals surface area contributed by atoms with Crippen molar-refractivity contribution in [3.8, 4) is 0 Å². The minimum atomic E-state index is -3.01. The molecule has 1 N–H and O–H groups in total. The molecular formula is C22H28N2O3P. The van der Waals surface area contributed by atoms with Gasteiger partial charge in [-0.15, -0.1) is 0 Å². The fraction of sp³-hybridized carbons (Fsp3) is 0.318. The van der Waals surface area contributed by atoms with Gasteiger partial charge in [-0.05, 0) is 45.0 Å². The highest BCUT2D eigenvalue weighted by molar-refractivity contribution is 7.77. The summed E-state index contributed by atoms with van der Waals surface area (Å²) in [7, 11) is -3.01. The highest BCUT2D eigenvalue weighted by Gasteiger charge is 2.47. The van der Waals surface area contributed by atoms with Gasteiger partial charge in [0.15, 0.2) is 7.79 Å². The van der Waals surface area contributed by atoms with Crippen LogP contribution in [0, 0.1) is 13.8 Å². The van der Waals surface area contributed by atoms with E-state index in [1.807, 2.05) is 71.7 Å². The van der Waals surface area contributed by atoms with Gasteiger partial charge in [0, 0.05) is 29.8 Å². The first-order chi connectivity index (χ1) is 13.4. The molecule has 149 valence electrons. The molecule has 0 bridgehead atoms. The normalized spacial score (nSPS) is 15.6. The average Bonchev–Trinajstić information content (AvgIpc) is 3.02. The minimum Gasteiger partial charge on any atom is -0.466 e. The zero-order valence-electron chi connectivity index (χ0n) is 16.8. The maximum Gasteiger partial charge on any atom is 0.310 e. The van der Waals surface area contributed by atoms with Crippen LogP contribution in [-0.4, -0.2) is 30.6 Å². The number of ether oxygens (including phenoxy) is 1. The van der Waals surface area contributed by atoms with Crippen LogP contribution in [0.2, 0.25) is 0 Å². The van der Waals surface area contributed by atoms with Crippen LogP contribution in [0.4, 0.5) is 11.4 Å². The molecular weight excluding hydrogens is 371 g/mol. The minimum absolute atomic E-state index is 0.00282. The smallest absolute Gasteiger partial charge is 0.310 e. The zero-order valence-corrected chi connectivity index (χ0v) is 17.7. The lowest BCUT2D eigenvalue weighted by molar-refractivity contribution is -0.142. The second-order valence-corrected chi connectivity index (χ2v) is 9.77. The molecule has 1 aliphatic heterocycles. The standard InChI is InChI=1S/C22H28N2O3P/c1-5-27-22(25)16-19(4)28(26)23(20-10-6-17(2)7-11-20)14-15-24(28)21-12-8-18(3)9-13-21/h6-13,26H,4-5,14-16H2,1-3H3. The van der Waals surface area contributed by atoms with Crippen LogP contribution in [0.3, 0.4) is 0 Å². The number of benzene rings is 2. The SMILES string of the molecule is C=C(CC(=O)OCC)[P]1(O)N(c2ccc(C)cc2)CCN1c1ccc(C)cc1. The van der Waals surface area contributed by atoms with Gasteiger partial charge in [0.2, 0.25) is 0 Å². The van der Waals surface area contributed by atoms with Crippen LogP contribution < -0.4 is 9.34 Å². The zero-order chi connectivity index (χ0) is 20.3. The topological polar surface area (TPSA) is 53.0 Å². The number of rotatable bonds is 6. The Bertz CT molecular complexity index is 796. The van der Waals surface area contributed by atoms with Gasteiger partial charge in [0.1, 0.15) is 0 Å². The molecule has 5 nitrogen and oxygen atoms in total. The molecule has 2 aromatic rings. The van der Waals surface area contributed by atoms with Crippen molar-refractivity contribution in [1.82, 2.24) is 0 Å². The molecule has 0 saturated carbocycles. The van der Waals surface area contributed by atoms with E-state index in [-0.39, 0.29) is 12.4 Å². The fourth-order valence-electron chi connectivity index (χ4n) is 3.44. The van der Waals surface area contributed by atoms with Gasteiger partial charge >= 0.3 is 5.97 Å². The van der Waals surface area contributed by atoms with Crippen LogP contribution in [0.1, 0.15) is 24.5 Å². The van der Waals surface area contributed by atoms with Gasteiger partial charge in [0.25, 0.3) is 0 Å². The van der Waals surface area contributed by atoms with E-state index >= 15 is 0 Å². The van der Waals surface area contributed by atoms with Crippen LogP contribution in [0.25, 0.3) is 0 Å². The monoisotopic (exact) mass is 399 g/mol. The van der Waals surface area contributed by atoms with Gasteiger partial charge in [-0.1, -0.05) is 42.0 Å². The van der Waals surface area contributed by atoms with Crippen LogP contribution >= 0.6 is 7.79 Å². The van der Waals surface area contributed by atoms with E-state index in [2.05, 4.69) is 6.58 Å². The summed E-state index contributed by atoms with van der Waals surface area (Å²) < 4.78 is 9.12. The summed E-state index contributed by atoms with van der Waals surface area (Å²) in [5, 5.41) is 0.504. The highest BCUT2D eigenvalue weighted by atomic mass is 31.2. The molecule has 0 spiro atoms. The summed E-state index contributed by atoms with van der Waals surface area (Å²) in [6.45, 7) is 11.6. The Balaban J connectivity index is 2.00. The molecule has 0 aliphatic carbocycles. The summed E-state index contributed by atoms with van der Waals surface area (Å²) >= 11 is 0. The predicted octanol–water partition coefficient (Wildman–Crippen LogP) is 4.85. The summed E-state index contributed by atoms with van der Waals surface area (Å²) in [5.41, 5.74) is 4.18. The summed E-state index contributed by atoms with van der Waals surface area (Å²) in [5.74, 6) is -0.361. The first-order valence-electron chi connectivity index (χ1n) is 9.51. The van der Waals surface area contributed by atoms with Crippen molar-refractivity contribution < 1.29 is 14.4 Å². The largest absolute Gasteiger partial charge is 0.466 e. The first-order valence-corrected chi connectivity index (χ1v) is 11.2. The maximum atomic E-state index is 12.1. The second kappa shape index (κ2) is 8.34. The van der Waals surface area contributed by atoms with Gasteiger partial charge in [-0.25, -0.2) is 0 Å². The molecule has 1 saturated heterocycles. The molecule has 28 heavy (non-hydrogen) atoms. The Labute approximate surface area is 167 Å². The molecule has 6 heteroatoms. The molecule has 0 unspecified atom stereocenters. The molecule has 1 fully saturated rings. The number of hydrogen-bond acceptors (Lipinski definition) is 5. The van der Waals surface area contributed by atoms with E-state index < -0.39 is 7.79 Å². The number of carbonyl (C=O) groups excluding carboxylic acids is 1. The Morgan fingerprint density at radius 2 is 1.43 bits per heavy atom. The number of nitrogens with zero attached hydrogens (tertiary/aromatic N) is 2. The van der Waals surface area contributed by atoms with E-state index in [0.29, 0.717) is 25.0 Å². The lowest BCUT2D eigenvalue weighted by atomic mass is 10.2. The number of aryl methyl sites for hydroxylation is 2. The van der Waals surface area contributed by atoms with Crippen molar-refractivity contribution >= 4 is 25.1 Å². The van der Waals surface area contributed by atoms with Crippen molar-refractivity contribution in [1.29, 1.82) is 0 Å². The summed E-state index contributed by atoms with van der Waals surface area (Å²) in [6, 6.07) is 16.2. The maximum absolute atomic E-state index is 12.1. The third-order valence-electron chi connectivity index (χ3n) is 4.94. The average molecular weight is 399 g/mol. The Morgan fingerprint density at radius 1 is 1.00 bits per heavy atom. The molecule has 1 heterocycles. The van der Waals surface area contributed by atoms with E-state index in [4.69, 9.17) is 4.74 Å². The molecule has 0 atom stereocenters. The molecule has 1 aliphatic rings. The third-order valence-corrected chi connectivity index (χ3v) is 8.15. The highest BCUT2D eigenvalue weighted by Crippen LogP contribution is 2.72. The van der Waals surface area contributed by atoms with Crippen molar-refractivity contribution in [2.75, 3.05) is 29.0 Å². The van der Waals surface area contributed by atoms with E-state index in [1.165, 1.54) is 0 Å². The van der Waals surface area contributed by atoms with Gasteiger partial charge < -0.3 is 19.0 Å². The van der Waals surface area contributed by atoms with Crippen molar-refractivity contribution in [3.63, 3.8) is 0 Å². The van der Waals surface area contributed by atoms with Crippen molar-refractivity contribution in [2.24, 2.45) is 0 Å². The number of carbonyl (C=O) groups is 1. The molecule has 0 amide bonds. The van der Waals surface area contributed by atoms with Crippen LogP contribution in [-0.2, 0) is 9.53 Å². The number of esters is 1. The number of anilines is 2. The van der Waals surface area contributed by atoms with E-state index in [1.54, 1.807) is 6.92 Å². The molecule has 1 radical (unpaired) electrons. The first kappa shape index (κ1) is 20.4. The van der Waals surface area contributed by atoms with Gasteiger partial charge in [0.05, 0.1) is 13.0 Å². The van der Waals surface area contributed by atoms with E-state index in [0.717, 1.165) is 22.5 Å². The Morgan fingerprint density at radius 3 is 1.82 bits per heavy atom. The molecule has 0 aromatic heterocycles. The quantitative estimate of drug-likeness (QED) is 0.556. The number of hydrogen-bond donors (Lipinski definition) is 1. The Hall–Kier alpha value is -2.36. The van der Waals surface area contributed by atoms with Gasteiger partial charge in [-0.3, -0.25) is 4.79 Å². The van der Waals surface area contributed by atoms with Crippen molar-refractivity contribution in [2.45, 2.75) is 27.2 Å². The fourth-order valence-corrected chi connectivity index (χ4v) is 6.37. The lowest BCUT2D eigenvalue weighted by Gasteiger charge is -2.43. The molecule has 2 aromatic carbocycles. The van der Waals surface area contributed by atoms with Crippen molar-refractivity contribution in [3.05, 3.63) is 71.6 Å². The second-order valence-electron chi connectivity index (χ2n) is 7.03. The van der Waals surface area contributed by atoms with Gasteiger partial charge in [-0.2, -0.15) is 0 Å². The lowest BCUT2D eigenvalue weighted by Crippen LogP contribution is -2.26. The van der Waals surface area contributed by atoms with Crippen LogP contribution in [0.5, 0.6) is 0 Å². The van der Waals surface area contributed by atoms with E-state index in [9.17, 15) is 9.69 Å². The summed E-state index contributed by atoms with van der Waals surface area (Å²) in [4.78, 5) is 24.1.